The van der Waals surface area contributed by atoms with Gasteiger partial charge in [-0.25, -0.2) is 0 Å². The molecule has 2 unspecified atom stereocenters. The summed E-state index contributed by atoms with van der Waals surface area (Å²) in [5.41, 5.74) is -0.691. The monoisotopic (exact) mass is 263 g/mol. The second-order valence-corrected chi connectivity index (χ2v) is 4.65. The van der Waals surface area contributed by atoms with Gasteiger partial charge in [0.15, 0.2) is 0 Å². The number of aromatic nitrogens is 2. The van der Waals surface area contributed by atoms with Crippen molar-refractivity contribution in [2.75, 3.05) is 6.54 Å². The molecule has 0 fully saturated rings. The van der Waals surface area contributed by atoms with Gasteiger partial charge in [-0.15, -0.1) is 0 Å². The SMILES string of the molecule is CCCNC(C)CC(C)n1cc(C(F)(F)F)cn1. The first kappa shape index (κ1) is 15.0. The number of hydrogen-bond acceptors (Lipinski definition) is 2. The van der Waals surface area contributed by atoms with Crippen molar-refractivity contribution in [1.29, 1.82) is 0 Å². The molecule has 0 saturated carbocycles. The summed E-state index contributed by atoms with van der Waals surface area (Å²) in [4.78, 5) is 0. The fourth-order valence-corrected chi connectivity index (χ4v) is 1.82. The van der Waals surface area contributed by atoms with Gasteiger partial charge in [0.25, 0.3) is 0 Å². The summed E-state index contributed by atoms with van der Waals surface area (Å²) >= 11 is 0. The fourth-order valence-electron chi connectivity index (χ4n) is 1.82. The zero-order valence-electron chi connectivity index (χ0n) is 11.0. The maximum absolute atomic E-state index is 12.4. The van der Waals surface area contributed by atoms with Crippen LogP contribution in [0.3, 0.4) is 0 Å². The van der Waals surface area contributed by atoms with Crippen LogP contribution < -0.4 is 5.32 Å². The van der Waals surface area contributed by atoms with Gasteiger partial charge in [-0.2, -0.15) is 18.3 Å². The molecule has 0 aliphatic carbocycles. The lowest BCUT2D eigenvalue weighted by atomic mass is 10.1. The largest absolute Gasteiger partial charge is 0.419 e. The van der Waals surface area contributed by atoms with E-state index >= 15 is 0 Å². The zero-order valence-corrected chi connectivity index (χ0v) is 11.0. The maximum Gasteiger partial charge on any atom is 0.419 e. The minimum Gasteiger partial charge on any atom is -0.314 e. The highest BCUT2D eigenvalue weighted by molar-refractivity contribution is 5.08. The smallest absolute Gasteiger partial charge is 0.314 e. The van der Waals surface area contributed by atoms with Gasteiger partial charge >= 0.3 is 6.18 Å². The molecule has 1 rings (SSSR count). The van der Waals surface area contributed by atoms with Gasteiger partial charge in [0.05, 0.1) is 17.8 Å². The third kappa shape index (κ3) is 4.33. The number of halogens is 3. The topological polar surface area (TPSA) is 29.9 Å². The molecule has 0 spiro atoms. The molecule has 1 N–H and O–H groups in total. The molecule has 2 atom stereocenters. The molecule has 0 radical (unpaired) electrons. The number of rotatable bonds is 6. The van der Waals surface area contributed by atoms with Crippen LogP contribution >= 0.6 is 0 Å². The Bertz CT molecular complexity index is 360. The molecule has 0 aromatic carbocycles. The Balaban J connectivity index is 2.56. The Morgan fingerprint density at radius 2 is 2.06 bits per heavy atom. The maximum atomic E-state index is 12.4. The van der Waals surface area contributed by atoms with E-state index in [9.17, 15) is 13.2 Å². The normalized spacial score (nSPS) is 15.7. The molecule has 0 bridgehead atoms. The summed E-state index contributed by atoms with van der Waals surface area (Å²) in [7, 11) is 0. The van der Waals surface area contributed by atoms with Gasteiger partial charge in [0, 0.05) is 12.2 Å². The zero-order chi connectivity index (χ0) is 13.8. The van der Waals surface area contributed by atoms with Crippen molar-refractivity contribution in [3.8, 4) is 0 Å². The molecule has 0 saturated heterocycles. The van der Waals surface area contributed by atoms with E-state index in [1.54, 1.807) is 0 Å². The van der Waals surface area contributed by atoms with Gasteiger partial charge in [0.1, 0.15) is 0 Å². The Hall–Kier alpha value is -1.04. The summed E-state index contributed by atoms with van der Waals surface area (Å²) in [5.74, 6) is 0. The van der Waals surface area contributed by atoms with E-state index in [0.29, 0.717) is 0 Å². The highest BCUT2D eigenvalue weighted by atomic mass is 19.4. The number of nitrogens with zero attached hydrogens (tertiary/aromatic N) is 2. The van der Waals surface area contributed by atoms with Crippen LogP contribution in [0.5, 0.6) is 0 Å². The van der Waals surface area contributed by atoms with Crippen molar-refractivity contribution in [2.24, 2.45) is 0 Å². The standard InChI is InChI=1S/C12H20F3N3/c1-4-5-16-9(2)6-10(3)18-8-11(7-17-18)12(13,14)15/h7-10,16H,4-6H2,1-3H3. The average molecular weight is 263 g/mol. The highest BCUT2D eigenvalue weighted by Gasteiger charge is 2.32. The van der Waals surface area contributed by atoms with Gasteiger partial charge in [-0.3, -0.25) is 4.68 Å². The van der Waals surface area contributed by atoms with Crippen molar-refractivity contribution in [3.05, 3.63) is 18.0 Å². The Morgan fingerprint density at radius 1 is 1.39 bits per heavy atom. The van der Waals surface area contributed by atoms with E-state index in [1.807, 2.05) is 13.8 Å². The summed E-state index contributed by atoms with van der Waals surface area (Å²) in [6.07, 6.45) is -0.584. The van der Waals surface area contributed by atoms with E-state index in [-0.39, 0.29) is 12.1 Å². The van der Waals surface area contributed by atoms with Gasteiger partial charge in [0.2, 0.25) is 0 Å². The van der Waals surface area contributed by atoms with E-state index in [2.05, 4.69) is 17.3 Å². The van der Waals surface area contributed by atoms with Crippen LogP contribution in [0.4, 0.5) is 13.2 Å². The first-order valence-corrected chi connectivity index (χ1v) is 6.19. The fraction of sp³-hybridized carbons (Fsp3) is 0.750. The van der Waals surface area contributed by atoms with Crippen molar-refractivity contribution in [1.82, 2.24) is 15.1 Å². The van der Waals surface area contributed by atoms with Crippen LogP contribution in [0.25, 0.3) is 0 Å². The molecular weight excluding hydrogens is 243 g/mol. The van der Waals surface area contributed by atoms with Crippen LogP contribution in [-0.4, -0.2) is 22.4 Å². The summed E-state index contributed by atoms with van der Waals surface area (Å²) in [6, 6.07) is 0.207. The Morgan fingerprint density at radius 3 is 2.56 bits per heavy atom. The van der Waals surface area contributed by atoms with Crippen molar-refractivity contribution >= 4 is 0 Å². The predicted molar refractivity (Wildman–Crippen MR) is 64.3 cm³/mol. The van der Waals surface area contributed by atoms with Crippen LogP contribution in [-0.2, 0) is 6.18 Å². The molecule has 1 aromatic heterocycles. The third-order valence-electron chi connectivity index (χ3n) is 2.82. The number of alkyl halides is 3. The van der Waals surface area contributed by atoms with Gasteiger partial charge < -0.3 is 5.32 Å². The van der Waals surface area contributed by atoms with Crippen LogP contribution in [0.15, 0.2) is 12.4 Å². The van der Waals surface area contributed by atoms with Crippen LogP contribution in [0, 0.1) is 0 Å². The van der Waals surface area contributed by atoms with Crippen molar-refractivity contribution in [2.45, 2.75) is 51.9 Å². The summed E-state index contributed by atoms with van der Waals surface area (Å²) < 4.78 is 38.7. The molecule has 1 heterocycles. The van der Waals surface area contributed by atoms with E-state index in [4.69, 9.17) is 0 Å². The second-order valence-electron chi connectivity index (χ2n) is 4.65. The van der Waals surface area contributed by atoms with Crippen LogP contribution in [0.1, 0.15) is 45.2 Å². The molecule has 0 aliphatic rings. The van der Waals surface area contributed by atoms with E-state index < -0.39 is 11.7 Å². The molecular formula is C12H20F3N3. The average Bonchev–Trinajstić information content (AvgIpc) is 2.75. The summed E-state index contributed by atoms with van der Waals surface area (Å²) in [6.45, 7) is 6.89. The lowest BCUT2D eigenvalue weighted by Crippen LogP contribution is -2.29. The van der Waals surface area contributed by atoms with Crippen molar-refractivity contribution in [3.63, 3.8) is 0 Å². The molecule has 18 heavy (non-hydrogen) atoms. The summed E-state index contributed by atoms with van der Waals surface area (Å²) in [5, 5.41) is 7.09. The van der Waals surface area contributed by atoms with Gasteiger partial charge in [-0.1, -0.05) is 6.92 Å². The Labute approximate surface area is 105 Å². The molecule has 6 heteroatoms. The minimum absolute atomic E-state index is 0.0551. The van der Waals surface area contributed by atoms with Crippen molar-refractivity contribution < 1.29 is 13.2 Å². The lowest BCUT2D eigenvalue weighted by molar-refractivity contribution is -0.137. The van der Waals surface area contributed by atoms with Gasteiger partial charge in [-0.05, 0) is 33.2 Å². The first-order chi connectivity index (χ1) is 8.34. The van der Waals surface area contributed by atoms with Crippen LogP contribution in [0.2, 0.25) is 0 Å². The molecule has 104 valence electrons. The number of hydrogen-bond donors (Lipinski definition) is 1. The van der Waals surface area contributed by atoms with E-state index in [1.165, 1.54) is 4.68 Å². The molecule has 3 nitrogen and oxygen atoms in total. The van der Waals surface area contributed by atoms with E-state index in [0.717, 1.165) is 31.8 Å². The number of nitrogens with one attached hydrogen (secondary N) is 1. The first-order valence-electron chi connectivity index (χ1n) is 6.19. The third-order valence-corrected chi connectivity index (χ3v) is 2.82. The molecule has 0 amide bonds. The lowest BCUT2D eigenvalue weighted by Gasteiger charge is -2.18. The Kier molecular flexibility index (Phi) is 5.19. The second kappa shape index (κ2) is 6.22. The quantitative estimate of drug-likeness (QED) is 0.854. The molecule has 0 aliphatic heterocycles. The molecule has 1 aromatic rings. The minimum atomic E-state index is -4.32. The highest BCUT2D eigenvalue weighted by Crippen LogP contribution is 2.29. The predicted octanol–water partition coefficient (Wildman–Crippen LogP) is 3.24.